The van der Waals surface area contributed by atoms with E-state index < -0.39 is 5.97 Å². The number of benzene rings is 1. The molecule has 1 aromatic rings. The van der Waals surface area contributed by atoms with Crippen LogP contribution in [0.25, 0.3) is 0 Å². The van der Waals surface area contributed by atoms with E-state index in [4.69, 9.17) is 26.8 Å². The number of hydrogen-bond donors (Lipinski definition) is 2. The van der Waals surface area contributed by atoms with Crippen LogP contribution < -0.4 is 9.47 Å². The standard InChI is InChI=1S/C11H12O5S/c1-15-7-3-6(5-9(17)11(13)14)4-8(16-2)10(7)12/h3-4,12H,5H2,1-2H3,(H,13,14). The van der Waals surface area contributed by atoms with Crippen molar-refractivity contribution < 1.29 is 24.5 Å². The molecule has 0 fully saturated rings. The third-order valence-electron chi connectivity index (χ3n) is 2.14. The molecule has 0 atom stereocenters. The molecule has 0 radical (unpaired) electrons. The first kappa shape index (κ1) is 13.2. The fourth-order valence-electron chi connectivity index (χ4n) is 1.31. The van der Waals surface area contributed by atoms with Crippen LogP contribution in [0.1, 0.15) is 5.56 Å². The minimum atomic E-state index is -1.13. The van der Waals surface area contributed by atoms with Crippen molar-refractivity contribution in [3.05, 3.63) is 17.7 Å². The van der Waals surface area contributed by atoms with Gasteiger partial charge in [-0.25, -0.2) is 4.79 Å². The van der Waals surface area contributed by atoms with Gasteiger partial charge in [-0.3, -0.25) is 0 Å². The number of carbonyl (C=O) groups is 1. The number of thiocarbonyl (C=S) groups is 1. The highest BCUT2D eigenvalue weighted by molar-refractivity contribution is 7.82. The van der Waals surface area contributed by atoms with E-state index in [-0.39, 0.29) is 28.5 Å². The van der Waals surface area contributed by atoms with E-state index in [1.807, 2.05) is 0 Å². The van der Waals surface area contributed by atoms with Gasteiger partial charge >= 0.3 is 5.97 Å². The first-order valence-electron chi connectivity index (χ1n) is 4.69. The number of phenolic OH excluding ortho intramolecular Hbond substituents is 1. The highest BCUT2D eigenvalue weighted by Gasteiger charge is 2.14. The lowest BCUT2D eigenvalue weighted by atomic mass is 10.1. The smallest absolute Gasteiger partial charge is 0.342 e. The topological polar surface area (TPSA) is 76.0 Å². The summed E-state index contributed by atoms with van der Waals surface area (Å²) in [7, 11) is 2.79. The Labute approximate surface area is 104 Å². The molecule has 0 saturated carbocycles. The highest BCUT2D eigenvalue weighted by atomic mass is 32.1. The lowest BCUT2D eigenvalue weighted by Gasteiger charge is -2.10. The van der Waals surface area contributed by atoms with Crippen molar-refractivity contribution in [2.24, 2.45) is 0 Å². The largest absolute Gasteiger partial charge is 0.502 e. The molecule has 0 saturated heterocycles. The van der Waals surface area contributed by atoms with Gasteiger partial charge in [0.1, 0.15) is 4.86 Å². The average molecular weight is 256 g/mol. The van der Waals surface area contributed by atoms with E-state index >= 15 is 0 Å². The molecule has 0 heterocycles. The summed E-state index contributed by atoms with van der Waals surface area (Å²) in [6, 6.07) is 3.04. The molecule has 1 aromatic carbocycles. The number of aromatic hydroxyl groups is 1. The van der Waals surface area contributed by atoms with Crippen molar-refractivity contribution in [1.82, 2.24) is 0 Å². The molecular weight excluding hydrogens is 244 g/mol. The zero-order valence-electron chi connectivity index (χ0n) is 9.39. The zero-order valence-corrected chi connectivity index (χ0v) is 10.2. The minimum absolute atomic E-state index is 0.0810. The van der Waals surface area contributed by atoms with E-state index in [1.54, 1.807) is 0 Å². The van der Waals surface area contributed by atoms with Crippen LogP contribution in [0.4, 0.5) is 0 Å². The normalized spacial score (nSPS) is 9.76. The number of phenols is 1. The van der Waals surface area contributed by atoms with Crippen molar-refractivity contribution in [1.29, 1.82) is 0 Å². The Kier molecular flexibility index (Phi) is 4.28. The van der Waals surface area contributed by atoms with E-state index in [2.05, 4.69) is 0 Å². The van der Waals surface area contributed by atoms with Gasteiger partial charge in [-0.1, -0.05) is 12.2 Å². The third kappa shape index (κ3) is 3.07. The maximum atomic E-state index is 10.6. The van der Waals surface area contributed by atoms with Gasteiger partial charge in [0.2, 0.25) is 5.75 Å². The Morgan fingerprint density at radius 2 is 1.76 bits per heavy atom. The van der Waals surface area contributed by atoms with Gasteiger partial charge < -0.3 is 19.7 Å². The monoisotopic (exact) mass is 256 g/mol. The number of carboxylic acids is 1. The molecule has 6 heteroatoms. The summed E-state index contributed by atoms with van der Waals surface area (Å²) >= 11 is 4.71. The molecule has 0 aliphatic heterocycles. The minimum Gasteiger partial charge on any atom is -0.502 e. The highest BCUT2D eigenvalue weighted by Crippen LogP contribution is 2.37. The second-order valence-electron chi connectivity index (χ2n) is 3.25. The summed E-state index contributed by atoms with van der Waals surface area (Å²) in [5.41, 5.74) is 0.601. The van der Waals surface area contributed by atoms with Gasteiger partial charge in [-0.2, -0.15) is 0 Å². The van der Waals surface area contributed by atoms with E-state index in [0.29, 0.717) is 5.56 Å². The summed E-state index contributed by atoms with van der Waals surface area (Å²) in [6.45, 7) is 0. The molecule has 92 valence electrons. The van der Waals surface area contributed by atoms with Crippen LogP contribution >= 0.6 is 12.2 Å². The summed E-state index contributed by atoms with van der Waals surface area (Å²) < 4.78 is 9.90. The predicted molar refractivity (Wildman–Crippen MR) is 65.1 cm³/mol. The van der Waals surface area contributed by atoms with Gasteiger partial charge in [-0.15, -0.1) is 0 Å². The fourth-order valence-corrected chi connectivity index (χ4v) is 1.48. The Balaban J connectivity index is 3.09. The number of methoxy groups -OCH3 is 2. The van der Waals surface area contributed by atoms with E-state index in [1.165, 1.54) is 26.4 Å². The summed E-state index contributed by atoms with van der Waals surface area (Å²) in [6.07, 6.45) is 0.0810. The molecule has 0 aliphatic carbocycles. The Bertz CT molecular complexity index is 430. The van der Waals surface area contributed by atoms with Crippen LogP contribution in [0, 0.1) is 0 Å². The summed E-state index contributed by atoms with van der Waals surface area (Å²) in [4.78, 5) is 10.5. The molecule has 0 aromatic heterocycles. The number of hydrogen-bond acceptors (Lipinski definition) is 5. The van der Waals surface area contributed by atoms with E-state index in [0.717, 1.165) is 0 Å². The van der Waals surface area contributed by atoms with Crippen LogP contribution in [-0.2, 0) is 11.2 Å². The molecular formula is C11H12O5S. The van der Waals surface area contributed by atoms with Crippen LogP contribution in [0.5, 0.6) is 17.2 Å². The van der Waals surface area contributed by atoms with Crippen molar-refractivity contribution in [3.63, 3.8) is 0 Å². The molecule has 0 amide bonds. The van der Waals surface area contributed by atoms with Gasteiger partial charge in [0, 0.05) is 6.42 Å². The van der Waals surface area contributed by atoms with Crippen LogP contribution in [0.2, 0.25) is 0 Å². The lowest BCUT2D eigenvalue weighted by Crippen LogP contribution is -2.12. The number of ether oxygens (including phenoxy) is 2. The van der Waals surface area contributed by atoms with Crippen molar-refractivity contribution in [2.45, 2.75) is 6.42 Å². The predicted octanol–water partition coefficient (Wildman–Crippen LogP) is 1.41. The van der Waals surface area contributed by atoms with Gasteiger partial charge in [0.15, 0.2) is 11.5 Å². The number of rotatable bonds is 5. The fraction of sp³-hybridized carbons (Fsp3) is 0.273. The van der Waals surface area contributed by atoms with Gasteiger partial charge in [-0.05, 0) is 17.7 Å². The van der Waals surface area contributed by atoms with Crippen LogP contribution in [-0.4, -0.2) is 35.3 Å². The third-order valence-corrected chi connectivity index (χ3v) is 2.46. The van der Waals surface area contributed by atoms with Crippen LogP contribution in [0.15, 0.2) is 12.1 Å². The molecule has 0 aliphatic rings. The van der Waals surface area contributed by atoms with Gasteiger partial charge in [0.25, 0.3) is 0 Å². The van der Waals surface area contributed by atoms with Gasteiger partial charge in [0.05, 0.1) is 14.2 Å². The Morgan fingerprint density at radius 3 is 2.12 bits per heavy atom. The molecule has 17 heavy (non-hydrogen) atoms. The van der Waals surface area contributed by atoms with Crippen molar-refractivity contribution in [3.8, 4) is 17.2 Å². The molecule has 5 nitrogen and oxygen atoms in total. The SMILES string of the molecule is COc1cc(CC(=S)C(=O)O)cc(OC)c1O. The Hall–Kier alpha value is -1.82. The Morgan fingerprint density at radius 1 is 1.29 bits per heavy atom. The second kappa shape index (κ2) is 5.49. The van der Waals surface area contributed by atoms with Crippen LogP contribution in [0.3, 0.4) is 0 Å². The van der Waals surface area contributed by atoms with Crippen molar-refractivity contribution in [2.75, 3.05) is 14.2 Å². The molecule has 1 rings (SSSR count). The average Bonchev–Trinajstić information content (AvgIpc) is 2.30. The maximum Gasteiger partial charge on any atom is 0.342 e. The quantitative estimate of drug-likeness (QED) is 0.776. The molecule has 0 unspecified atom stereocenters. The summed E-state index contributed by atoms with van der Waals surface area (Å²) in [5.74, 6) is -0.828. The van der Waals surface area contributed by atoms with E-state index in [9.17, 15) is 9.90 Å². The molecule has 0 bridgehead atoms. The number of aliphatic carboxylic acids is 1. The second-order valence-corrected chi connectivity index (χ2v) is 3.75. The first-order valence-corrected chi connectivity index (χ1v) is 5.10. The first-order chi connectivity index (χ1) is 7.99. The maximum absolute atomic E-state index is 10.6. The zero-order chi connectivity index (χ0) is 13.0. The van der Waals surface area contributed by atoms with Crippen molar-refractivity contribution >= 4 is 23.1 Å². The lowest BCUT2D eigenvalue weighted by molar-refractivity contribution is -0.129. The summed E-state index contributed by atoms with van der Waals surface area (Å²) in [5, 5.41) is 18.4. The molecule has 2 N–H and O–H groups in total. The molecule has 0 spiro atoms. The number of carboxylic acid groups (broad SMARTS) is 1.